The second-order valence-electron chi connectivity index (χ2n) is 6.96. The van der Waals surface area contributed by atoms with E-state index >= 15 is 0 Å². The first-order chi connectivity index (χ1) is 11.8. The maximum Gasteiger partial charge on any atom is 0.238 e. The average Bonchev–Trinajstić information content (AvgIpc) is 3.03. The lowest BCUT2D eigenvalue weighted by molar-refractivity contribution is -0.121. The molecular weight excluding hydrogens is 306 g/mol. The highest BCUT2D eigenvalue weighted by Gasteiger charge is 2.43. The molecule has 2 aliphatic carbocycles. The Morgan fingerprint density at radius 3 is 2.96 bits per heavy atom. The van der Waals surface area contributed by atoms with Crippen LogP contribution in [0.3, 0.4) is 0 Å². The molecule has 2 heterocycles. The number of hydrogen-bond donors (Lipinski definition) is 1. The molecule has 1 N–H and O–H groups in total. The number of amides is 1. The van der Waals surface area contributed by atoms with Gasteiger partial charge in [0.25, 0.3) is 0 Å². The van der Waals surface area contributed by atoms with E-state index in [0.29, 0.717) is 42.3 Å². The van der Waals surface area contributed by atoms with Crippen molar-refractivity contribution in [2.75, 3.05) is 0 Å². The van der Waals surface area contributed by atoms with Crippen LogP contribution in [0.1, 0.15) is 50.8 Å². The van der Waals surface area contributed by atoms with Gasteiger partial charge in [-0.05, 0) is 30.4 Å². The fraction of sp³-hybridized carbons (Fsp3) is 0.611. The molecule has 4 rings (SSSR count). The van der Waals surface area contributed by atoms with Crippen molar-refractivity contribution in [3.05, 3.63) is 24.3 Å². The van der Waals surface area contributed by atoms with E-state index in [0.717, 1.165) is 12.3 Å². The topological polar surface area (TPSA) is 81.2 Å². The minimum Gasteiger partial charge on any atom is -0.461 e. The van der Waals surface area contributed by atoms with Gasteiger partial charge in [-0.1, -0.05) is 37.3 Å². The number of carbonyl (C=O) groups excluding carboxylic acids is 1. The van der Waals surface area contributed by atoms with E-state index in [1.807, 2.05) is 0 Å². The minimum absolute atomic E-state index is 0.0797. The lowest BCUT2D eigenvalue weighted by Gasteiger charge is -2.21. The summed E-state index contributed by atoms with van der Waals surface area (Å²) in [7, 11) is 0. The van der Waals surface area contributed by atoms with Gasteiger partial charge in [0.15, 0.2) is 5.76 Å². The van der Waals surface area contributed by atoms with Crippen LogP contribution in [0.4, 0.5) is 0 Å². The molecule has 0 aliphatic heterocycles. The van der Waals surface area contributed by atoms with Crippen molar-refractivity contribution in [2.24, 2.45) is 11.8 Å². The second-order valence-corrected chi connectivity index (χ2v) is 6.96. The fourth-order valence-electron chi connectivity index (χ4n) is 3.83. The van der Waals surface area contributed by atoms with Gasteiger partial charge in [-0.25, -0.2) is 0 Å². The third-order valence-electron chi connectivity index (χ3n) is 5.22. The van der Waals surface area contributed by atoms with Crippen molar-refractivity contribution in [2.45, 2.75) is 57.4 Å². The molecule has 1 amide bonds. The summed E-state index contributed by atoms with van der Waals surface area (Å²) in [6.07, 6.45) is 10.3. The first-order valence-electron chi connectivity index (χ1n) is 8.95. The van der Waals surface area contributed by atoms with Gasteiger partial charge in [0, 0.05) is 18.9 Å². The summed E-state index contributed by atoms with van der Waals surface area (Å²) >= 11 is 0. The Balaban J connectivity index is 1.21. The van der Waals surface area contributed by atoms with Crippen molar-refractivity contribution in [1.29, 1.82) is 0 Å². The molecule has 2 aromatic heterocycles. The van der Waals surface area contributed by atoms with Crippen LogP contribution in [-0.4, -0.2) is 22.1 Å². The Morgan fingerprint density at radius 2 is 2.17 bits per heavy atom. The van der Waals surface area contributed by atoms with Gasteiger partial charge in [0.05, 0.1) is 6.26 Å². The Morgan fingerprint density at radius 1 is 1.29 bits per heavy atom. The molecule has 2 unspecified atom stereocenters. The lowest BCUT2D eigenvalue weighted by Crippen LogP contribution is -2.28. The van der Waals surface area contributed by atoms with Crippen LogP contribution in [0.25, 0.3) is 11.6 Å². The zero-order chi connectivity index (χ0) is 16.4. The number of nitrogens with one attached hydrogen (secondary N) is 1. The van der Waals surface area contributed by atoms with E-state index in [2.05, 4.69) is 15.5 Å². The summed E-state index contributed by atoms with van der Waals surface area (Å²) in [6, 6.07) is 3.94. The SMILES string of the molecule is O=C(CCc1nc(-c2ccco2)no1)NC1CC1C1CCCCC1. The molecule has 2 saturated carbocycles. The number of hydrogen-bond acceptors (Lipinski definition) is 5. The molecule has 0 bridgehead atoms. The predicted molar refractivity (Wildman–Crippen MR) is 86.9 cm³/mol. The molecule has 0 spiro atoms. The molecule has 128 valence electrons. The molecule has 2 fully saturated rings. The van der Waals surface area contributed by atoms with E-state index in [-0.39, 0.29) is 5.91 Å². The monoisotopic (exact) mass is 329 g/mol. The van der Waals surface area contributed by atoms with Gasteiger partial charge in [-0.3, -0.25) is 4.79 Å². The molecule has 6 heteroatoms. The van der Waals surface area contributed by atoms with Crippen molar-refractivity contribution >= 4 is 5.91 Å². The second kappa shape index (κ2) is 6.79. The van der Waals surface area contributed by atoms with Gasteiger partial charge < -0.3 is 14.3 Å². The summed E-state index contributed by atoms with van der Waals surface area (Å²) in [5, 5.41) is 7.03. The smallest absolute Gasteiger partial charge is 0.238 e. The summed E-state index contributed by atoms with van der Waals surface area (Å²) in [5.74, 6) is 3.09. The number of rotatable bonds is 6. The van der Waals surface area contributed by atoms with E-state index in [9.17, 15) is 4.79 Å². The summed E-state index contributed by atoms with van der Waals surface area (Å²) in [4.78, 5) is 16.4. The van der Waals surface area contributed by atoms with Crippen molar-refractivity contribution in [3.63, 3.8) is 0 Å². The maximum absolute atomic E-state index is 12.1. The molecule has 2 aromatic rings. The van der Waals surface area contributed by atoms with Gasteiger partial charge in [-0.2, -0.15) is 4.98 Å². The highest BCUT2D eigenvalue weighted by Crippen LogP contribution is 2.44. The lowest BCUT2D eigenvalue weighted by atomic mass is 9.85. The molecule has 2 atom stereocenters. The summed E-state index contributed by atoms with van der Waals surface area (Å²) in [6.45, 7) is 0. The Hall–Kier alpha value is -2.11. The van der Waals surface area contributed by atoms with Crippen LogP contribution in [0.2, 0.25) is 0 Å². The van der Waals surface area contributed by atoms with Crippen LogP contribution in [0.15, 0.2) is 27.3 Å². The van der Waals surface area contributed by atoms with Crippen LogP contribution in [0, 0.1) is 11.8 Å². The first-order valence-corrected chi connectivity index (χ1v) is 8.95. The fourth-order valence-corrected chi connectivity index (χ4v) is 3.83. The zero-order valence-electron chi connectivity index (χ0n) is 13.7. The number of nitrogens with zero attached hydrogens (tertiary/aromatic N) is 2. The highest BCUT2D eigenvalue weighted by atomic mass is 16.5. The number of aromatic nitrogens is 2. The largest absolute Gasteiger partial charge is 0.461 e. The number of carbonyl (C=O) groups is 1. The normalized spacial score (nSPS) is 24.0. The van der Waals surface area contributed by atoms with Gasteiger partial charge in [0.1, 0.15) is 0 Å². The first kappa shape index (κ1) is 15.4. The summed E-state index contributed by atoms with van der Waals surface area (Å²) in [5.41, 5.74) is 0. The van der Waals surface area contributed by atoms with Crippen LogP contribution >= 0.6 is 0 Å². The standard InChI is InChI=1S/C18H23N3O3/c22-16(19-14-11-13(14)12-5-2-1-3-6-12)8-9-17-20-18(21-24-17)15-7-4-10-23-15/h4,7,10,12-14H,1-3,5-6,8-9,11H2,(H,19,22). The van der Waals surface area contributed by atoms with Crippen LogP contribution in [0.5, 0.6) is 0 Å². The third-order valence-corrected chi connectivity index (χ3v) is 5.22. The van der Waals surface area contributed by atoms with Gasteiger partial charge >= 0.3 is 0 Å². The molecular formula is C18H23N3O3. The minimum atomic E-state index is 0.0797. The number of furan rings is 1. The molecule has 2 aliphatic rings. The highest BCUT2D eigenvalue weighted by molar-refractivity contribution is 5.76. The Labute approximate surface area is 141 Å². The van der Waals surface area contributed by atoms with Crippen molar-refractivity contribution in [3.8, 4) is 11.6 Å². The Bertz CT molecular complexity index is 674. The molecule has 0 saturated heterocycles. The quantitative estimate of drug-likeness (QED) is 0.879. The molecule has 6 nitrogen and oxygen atoms in total. The summed E-state index contributed by atoms with van der Waals surface area (Å²) < 4.78 is 10.4. The van der Waals surface area contributed by atoms with Gasteiger partial charge in [0.2, 0.25) is 17.6 Å². The van der Waals surface area contributed by atoms with E-state index in [4.69, 9.17) is 8.94 Å². The third kappa shape index (κ3) is 3.52. The van der Waals surface area contributed by atoms with Crippen molar-refractivity contribution < 1.29 is 13.7 Å². The van der Waals surface area contributed by atoms with Crippen LogP contribution < -0.4 is 5.32 Å². The Kier molecular flexibility index (Phi) is 4.36. The van der Waals surface area contributed by atoms with E-state index in [1.54, 1.807) is 18.4 Å². The van der Waals surface area contributed by atoms with Crippen molar-refractivity contribution in [1.82, 2.24) is 15.5 Å². The van der Waals surface area contributed by atoms with E-state index < -0.39 is 0 Å². The van der Waals surface area contributed by atoms with E-state index in [1.165, 1.54) is 32.1 Å². The number of aryl methyl sites for hydroxylation is 1. The zero-order valence-corrected chi connectivity index (χ0v) is 13.7. The predicted octanol–water partition coefficient (Wildman–Crippen LogP) is 3.35. The maximum atomic E-state index is 12.1. The van der Waals surface area contributed by atoms with Crippen LogP contribution in [-0.2, 0) is 11.2 Å². The molecule has 0 aromatic carbocycles. The average molecular weight is 329 g/mol. The molecule has 24 heavy (non-hydrogen) atoms. The molecule has 0 radical (unpaired) electrons. The van der Waals surface area contributed by atoms with Gasteiger partial charge in [-0.15, -0.1) is 0 Å².